The lowest BCUT2D eigenvalue weighted by atomic mass is 10.0. The molecular formula is C28H27ClF3NO3S. The van der Waals surface area contributed by atoms with Crippen LogP contribution in [0.5, 0.6) is 23.0 Å². The first-order chi connectivity index (χ1) is 17.4. The van der Waals surface area contributed by atoms with Gasteiger partial charge in [0.25, 0.3) is 0 Å². The predicted molar refractivity (Wildman–Crippen MR) is 143 cm³/mol. The summed E-state index contributed by atoms with van der Waals surface area (Å²) in [6.07, 6.45) is -0.625. The second kappa shape index (κ2) is 11.6. The number of nitrogens with zero attached hydrogens (tertiary/aromatic N) is 1. The molecule has 1 aromatic heterocycles. The van der Waals surface area contributed by atoms with Gasteiger partial charge < -0.3 is 14.6 Å². The molecule has 4 aromatic rings. The summed E-state index contributed by atoms with van der Waals surface area (Å²) in [5.74, 6) is 1.80. The molecule has 1 aliphatic rings. The Balaban J connectivity index is 0.00000320. The number of hydrogen-bond donors (Lipinski definition) is 1. The summed E-state index contributed by atoms with van der Waals surface area (Å²) in [5.41, 5.74) is 0.551. The molecule has 0 radical (unpaired) electrons. The standard InChI is InChI=1S/C28H26F3NO3S.ClH/c29-28(30,31)26-13-12-25(36-26)24-10-4-19-18-20(33)5-11-23(19)27(24)35-22-8-6-21(7-9-22)34-17-16-32-14-2-1-3-15-32;/h4-13,18,33H,1-3,14-17H2;1H. The molecule has 0 aliphatic carbocycles. The predicted octanol–water partition coefficient (Wildman–Crippen LogP) is 8.37. The van der Waals surface area contributed by atoms with Gasteiger partial charge in [-0.2, -0.15) is 13.2 Å². The van der Waals surface area contributed by atoms with E-state index in [0.29, 0.717) is 45.3 Å². The number of likely N-dealkylation sites (tertiary alicyclic amines) is 1. The number of rotatable bonds is 7. The highest BCUT2D eigenvalue weighted by Gasteiger charge is 2.33. The van der Waals surface area contributed by atoms with Gasteiger partial charge in [0, 0.05) is 22.4 Å². The highest BCUT2D eigenvalue weighted by molar-refractivity contribution is 7.15. The van der Waals surface area contributed by atoms with Crippen molar-refractivity contribution in [2.24, 2.45) is 0 Å². The van der Waals surface area contributed by atoms with Crippen molar-refractivity contribution < 1.29 is 27.8 Å². The van der Waals surface area contributed by atoms with Crippen LogP contribution in [0.4, 0.5) is 13.2 Å². The van der Waals surface area contributed by atoms with Crippen LogP contribution in [0.2, 0.25) is 0 Å². The molecule has 0 atom stereocenters. The van der Waals surface area contributed by atoms with Crippen LogP contribution < -0.4 is 9.47 Å². The van der Waals surface area contributed by atoms with Crippen LogP contribution in [0.25, 0.3) is 21.2 Å². The van der Waals surface area contributed by atoms with E-state index in [4.69, 9.17) is 9.47 Å². The normalized spacial score (nSPS) is 14.4. The first-order valence-electron chi connectivity index (χ1n) is 11.9. The summed E-state index contributed by atoms with van der Waals surface area (Å²) >= 11 is 0.674. The molecule has 2 heterocycles. The molecule has 5 rings (SSSR count). The van der Waals surface area contributed by atoms with E-state index in [0.717, 1.165) is 36.8 Å². The van der Waals surface area contributed by atoms with E-state index in [-0.39, 0.29) is 18.2 Å². The Morgan fingerprint density at radius 3 is 2.30 bits per heavy atom. The highest BCUT2D eigenvalue weighted by atomic mass is 35.5. The van der Waals surface area contributed by atoms with Crippen molar-refractivity contribution in [3.8, 4) is 33.4 Å². The van der Waals surface area contributed by atoms with Crippen LogP contribution in [0, 0.1) is 0 Å². The number of halogens is 4. The summed E-state index contributed by atoms with van der Waals surface area (Å²) in [7, 11) is 0. The van der Waals surface area contributed by atoms with Gasteiger partial charge in [-0.15, -0.1) is 23.7 Å². The molecule has 0 spiro atoms. The van der Waals surface area contributed by atoms with Crippen molar-refractivity contribution in [1.29, 1.82) is 0 Å². The van der Waals surface area contributed by atoms with Gasteiger partial charge in [-0.25, -0.2) is 0 Å². The highest BCUT2D eigenvalue weighted by Crippen LogP contribution is 2.45. The molecule has 196 valence electrons. The van der Waals surface area contributed by atoms with Gasteiger partial charge in [-0.3, -0.25) is 4.90 Å². The van der Waals surface area contributed by atoms with E-state index >= 15 is 0 Å². The Hall–Kier alpha value is -2.94. The van der Waals surface area contributed by atoms with E-state index in [1.54, 1.807) is 36.4 Å². The average Bonchev–Trinajstić information content (AvgIpc) is 3.37. The van der Waals surface area contributed by atoms with E-state index in [9.17, 15) is 18.3 Å². The molecule has 1 fully saturated rings. The molecule has 9 heteroatoms. The van der Waals surface area contributed by atoms with Gasteiger partial charge in [-0.1, -0.05) is 12.5 Å². The Morgan fingerprint density at radius 2 is 1.59 bits per heavy atom. The fourth-order valence-electron chi connectivity index (χ4n) is 4.43. The maximum absolute atomic E-state index is 13.2. The molecule has 0 bridgehead atoms. The van der Waals surface area contributed by atoms with Crippen LogP contribution in [-0.4, -0.2) is 36.2 Å². The number of ether oxygens (including phenoxy) is 2. The maximum atomic E-state index is 13.2. The van der Waals surface area contributed by atoms with Gasteiger partial charge in [-0.05, 0) is 92.0 Å². The number of aromatic hydroxyl groups is 1. The largest absolute Gasteiger partial charge is 0.508 e. The number of phenolic OH excluding ortho intramolecular Hbond substituents is 1. The van der Waals surface area contributed by atoms with Crippen LogP contribution >= 0.6 is 23.7 Å². The second-order valence-corrected chi connectivity index (χ2v) is 9.92. The minimum Gasteiger partial charge on any atom is -0.508 e. The number of phenols is 1. The second-order valence-electron chi connectivity index (χ2n) is 8.83. The number of thiophene rings is 1. The SMILES string of the molecule is Cl.Oc1ccc2c(Oc3ccc(OCCN4CCCCC4)cc3)c(-c3ccc(C(F)(F)F)s3)ccc2c1. The Kier molecular flexibility index (Phi) is 8.52. The van der Waals surface area contributed by atoms with E-state index in [1.165, 1.54) is 31.4 Å². The van der Waals surface area contributed by atoms with Crippen molar-refractivity contribution >= 4 is 34.5 Å². The maximum Gasteiger partial charge on any atom is 0.425 e. The smallest absolute Gasteiger partial charge is 0.425 e. The van der Waals surface area contributed by atoms with Gasteiger partial charge in [0.15, 0.2) is 0 Å². The monoisotopic (exact) mass is 549 g/mol. The van der Waals surface area contributed by atoms with Gasteiger partial charge >= 0.3 is 6.18 Å². The molecule has 1 aliphatic heterocycles. The summed E-state index contributed by atoms with van der Waals surface area (Å²) in [5, 5.41) is 11.3. The molecule has 0 unspecified atom stereocenters. The van der Waals surface area contributed by atoms with Crippen LogP contribution in [0.3, 0.4) is 0 Å². The van der Waals surface area contributed by atoms with Gasteiger partial charge in [0.2, 0.25) is 0 Å². The number of fused-ring (bicyclic) bond motifs is 1. The number of hydrogen-bond acceptors (Lipinski definition) is 5. The topological polar surface area (TPSA) is 41.9 Å². The zero-order valence-corrected chi connectivity index (χ0v) is 21.6. The lowest BCUT2D eigenvalue weighted by Crippen LogP contribution is -2.33. The lowest BCUT2D eigenvalue weighted by Gasteiger charge is -2.26. The first kappa shape index (κ1) is 27.1. The molecule has 4 nitrogen and oxygen atoms in total. The van der Waals surface area contributed by atoms with Gasteiger partial charge in [0.1, 0.15) is 34.5 Å². The number of piperidine rings is 1. The quantitative estimate of drug-likeness (QED) is 0.251. The molecule has 37 heavy (non-hydrogen) atoms. The number of alkyl halides is 3. The van der Waals surface area contributed by atoms with E-state index in [1.807, 2.05) is 12.1 Å². The van der Waals surface area contributed by atoms with Crippen molar-refractivity contribution in [2.45, 2.75) is 25.4 Å². The Labute approximate surface area is 223 Å². The van der Waals surface area contributed by atoms with Crippen molar-refractivity contribution in [3.05, 3.63) is 71.6 Å². The minimum atomic E-state index is -4.41. The molecule has 0 saturated carbocycles. The van der Waals surface area contributed by atoms with E-state index < -0.39 is 11.1 Å². The number of benzene rings is 3. The summed E-state index contributed by atoms with van der Waals surface area (Å²) in [6.45, 7) is 3.74. The lowest BCUT2D eigenvalue weighted by molar-refractivity contribution is -0.134. The van der Waals surface area contributed by atoms with Crippen LogP contribution in [-0.2, 0) is 6.18 Å². The molecular weight excluding hydrogens is 523 g/mol. The Morgan fingerprint density at radius 1 is 0.865 bits per heavy atom. The Bertz CT molecular complexity index is 1340. The summed E-state index contributed by atoms with van der Waals surface area (Å²) in [4.78, 5) is 2.19. The molecule has 1 N–H and O–H groups in total. The van der Waals surface area contributed by atoms with Crippen molar-refractivity contribution in [3.63, 3.8) is 0 Å². The zero-order valence-electron chi connectivity index (χ0n) is 20.0. The van der Waals surface area contributed by atoms with Crippen molar-refractivity contribution in [2.75, 3.05) is 26.2 Å². The zero-order chi connectivity index (χ0) is 25.1. The fraction of sp³-hybridized carbons (Fsp3) is 0.286. The summed E-state index contributed by atoms with van der Waals surface area (Å²) in [6, 6.07) is 18.1. The van der Waals surface area contributed by atoms with Crippen molar-refractivity contribution in [1.82, 2.24) is 4.90 Å². The molecule has 3 aromatic carbocycles. The third kappa shape index (κ3) is 6.50. The third-order valence-electron chi connectivity index (χ3n) is 6.27. The molecule has 0 amide bonds. The summed E-state index contributed by atoms with van der Waals surface area (Å²) < 4.78 is 51.8. The van der Waals surface area contributed by atoms with E-state index in [2.05, 4.69) is 4.90 Å². The molecule has 1 saturated heterocycles. The van der Waals surface area contributed by atoms with Gasteiger partial charge in [0.05, 0.1) is 0 Å². The average molecular weight is 550 g/mol. The van der Waals surface area contributed by atoms with Crippen LogP contribution in [0.1, 0.15) is 24.1 Å². The minimum absolute atomic E-state index is 0. The third-order valence-corrected chi connectivity index (χ3v) is 7.44. The van der Waals surface area contributed by atoms with Crippen LogP contribution in [0.15, 0.2) is 66.7 Å². The fourth-order valence-corrected chi connectivity index (χ4v) is 5.32. The first-order valence-corrected chi connectivity index (χ1v) is 12.7.